The fourth-order valence-electron chi connectivity index (χ4n) is 2.10. The van der Waals surface area contributed by atoms with Crippen LogP contribution in [-0.4, -0.2) is 11.9 Å². The molecule has 2 saturated carbocycles. The van der Waals surface area contributed by atoms with Crippen LogP contribution in [0.5, 0.6) is 0 Å². The van der Waals surface area contributed by atoms with Gasteiger partial charge in [-0.2, -0.15) is 0 Å². The standard InChI is InChI=1S/C13H14BrNO/c14-9-3-1-8(2-4-9)11-7-12(11)13(16)15-10-5-6-10/h1-4,10-12H,5-7H2,(H,15,16)/t11-,12+/m0/s1. The van der Waals surface area contributed by atoms with Gasteiger partial charge in [0.05, 0.1) is 0 Å². The maximum atomic E-state index is 11.8. The molecule has 0 heterocycles. The fraction of sp³-hybridized carbons (Fsp3) is 0.462. The monoisotopic (exact) mass is 279 g/mol. The summed E-state index contributed by atoms with van der Waals surface area (Å²) in [6, 6.07) is 8.80. The summed E-state index contributed by atoms with van der Waals surface area (Å²) in [6.45, 7) is 0. The summed E-state index contributed by atoms with van der Waals surface area (Å²) < 4.78 is 1.09. The van der Waals surface area contributed by atoms with Gasteiger partial charge in [-0.3, -0.25) is 4.79 Å². The van der Waals surface area contributed by atoms with E-state index in [1.165, 1.54) is 18.4 Å². The van der Waals surface area contributed by atoms with Gasteiger partial charge in [0.2, 0.25) is 5.91 Å². The molecule has 0 radical (unpaired) electrons. The van der Waals surface area contributed by atoms with Crippen molar-refractivity contribution >= 4 is 21.8 Å². The summed E-state index contributed by atoms with van der Waals surface area (Å²) in [5, 5.41) is 3.08. The molecule has 0 spiro atoms. The Bertz CT molecular complexity index is 410. The van der Waals surface area contributed by atoms with Crippen LogP contribution in [0.4, 0.5) is 0 Å². The van der Waals surface area contributed by atoms with Crippen molar-refractivity contribution in [2.24, 2.45) is 5.92 Å². The smallest absolute Gasteiger partial charge is 0.223 e. The van der Waals surface area contributed by atoms with Crippen molar-refractivity contribution in [3.05, 3.63) is 34.3 Å². The molecule has 2 fully saturated rings. The van der Waals surface area contributed by atoms with E-state index in [0.29, 0.717) is 12.0 Å². The third-order valence-corrected chi connectivity index (χ3v) is 3.88. The van der Waals surface area contributed by atoms with Gasteiger partial charge >= 0.3 is 0 Å². The van der Waals surface area contributed by atoms with Crippen molar-refractivity contribution in [2.75, 3.05) is 0 Å². The molecular formula is C13H14BrNO. The van der Waals surface area contributed by atoms with Crippen LogP contribution in [0.25, 0.3) is 0 Å². The number of nitrogens with one attached hydrogen (secondary N) is 1. The predicted octanol–water partition coefficient (Wildman–Crippen LogP) is 2.83. The van der Waals surface area contributed by atoms with Gasteiger partial charge in [-0.1, -0.05) is 28.1 Å². The van der Waals surface area contributed by atoms with Gasteiger partial charge < -0.3 is 5.32 Å². The van der Waals surface area contributed by atoms with Crippen LogP contribution in [0.2, 0.25) is 0 Å². The zero-order valence-corrected chi connectivity index (χ0v) is 10.5. The SMILES string of the molecule is O=C(NC1CC1)[C@@H]1C[C@H]1c1ccc(Br)cc1. The van der Waals surface area contributed by atoms with Gasteiger partial charge in [-0.05, 0) is 42.9 Å². The number of halogens is 1. The van der Waals surface area contributed by atoms with Gasteiger partial charge in [-0.15, -0.1) is 0 Å². The Labute approximate surface area is 104 Å². The molecule has 2 nitrogen and oxygen atoms in total. The van der Waals surface area contributed by atoms with E-state index in [-0.39, 0.29) is 11.8 Å². The Morgan fingerprint density at radius 3 is 2.56 bits per heavy atom. The van der Waals surface area contributed by atoms with Crippen molar-refractivity contribution in [3.63, 3.8) is 0 Å². The second-order valence-electron chi connectivity index (χ2n) is 4.78. The third-order valence-electron chi connectivity index (χ3n) is 3.35. The maximum Gasteiger partial charge on any atom is 0.223 e. The van der Waals surface area contributed by atoms with Gasteiger partial charge in [0.25, 0.3) is 0 Å². The molecule has 0 unspecified atom stereocenters. The molecule has 1 N–H and O–H groups in total. The molecule has 0 bridgehead atoms. The lowest BCUT2D eigenvalue weighted by Crippen LogP contribution is -2.27. The van der Waals surface area contributed by atoms with Crippen LogP contribution in [0.1, 0.15) is 30.7 Å². The zero-order chi connectivity index (χ0) is 11.1. The summed E-state index contributed by atoms with van der Waals surface area (Å²) in [4.78, 5) is 11.8. The Kier molecular flexibility index (Phi) is 2.51. The van der Waals surface area contributed by atoms with Gasteiger partial charge in [-0.25, -0.2) is 0 Å². The first kappa shape index (κ1) is 10.3. The van der Waals surface area contributed by atoms with Crippen LogP contribution >= 0.6 is 15.9 Å². The molecule has 1 amide bonds. The lowest BCUT2D eigenvalue weighted by atomic mass is 10.1. The number of hydrogen-bond donors (Lipinski definition) is 1. The molecule has 16 heavy (non-hydrogen) atoms. The van der Waals surface area contributed by atoms with E-state index in [1.54, 1.807) is 0 Å². The fourth-order valence-corrected chi connectivity index (χ4v) is 2.36. The molecular weight excluding hydrogens is 266 g/mol. The maximum absolute atomic E-state index is 11.8. The van der Waals surface area contributed by atoms with Crippen LogP contribution in [-0.2, 0) is 4.79 Å². The Balaban J connectivity index is 1.62. The van der Waals surface area contributed by atoms with Gasteiger partial charge in [0.15, 0.2) is 0 Å². The van der Waals surface area contributed by atoms with Gasteiger partial charge in [0, 0.05) is 16.4 Å². The van der Waals surface area contributed by atoms with E-state index in [2.05, 4.69) is 33.4 Å². The summed E-state index contributed by atoms with van der Waals surface area (Å²) in [6.07, 6.45) is 3.35. The second kappa shape index (κ2) is 3.88. The first-order valence-corrected chi connectivity index (χ1v) is 6.59. The minimum atomic E-state index is 0.224. The molecule has 2 aliphatic carbocycles. The first-order valence-electron chi connectivity index (χ1n) is 5.80. The summed E-state index contributed by atoms with van der Waals surface area (Å²) >= 11 is 3.42. The quantitative estimate of drug-likeness (QED) is 0.906. The lowest BCUT2D eigenvalue weighted by Gasteiger charge is -2.02. The molecule has 84 valence electrons. The highest BCUT2D eigenvalue weighted by Crippen LogP contribution is 2.48. The molecule has 0 saturated heterocycles. The minimum absolute atomic E-state index is 0.224. The summed E-state index contributed by atoms with van der Waals surface area (Å²) in [5.74, 6) is 0.934. The van der Waals surface area contributed by atoms with Crippen LogP contribution in [0.15, 0.2) is 28.7 Å². The van der Waals surface area contributed by atoms with E-state index >= 15 is 0 Å². The van der Waals surface area contributed by atoms with Crippen LogP contribution in [0.3, 0.4) is 0 Å². The average Bonchev–Trinajstić information content (AvgIpc) is 3.12. The number of benzene rings is 1. The zero-order valence-electron chi connectivity index (χ0n) is 8.95. The number of amides is 1. The van der Waals surface area contributed by atoms with E-state index in [9.17, 15) is 4.79 Å². The normalized spacial score (nSPS) is 27.6. The lowest BCUT2D eigenvalue weighted by molar-refractivity contribution is -0.122. The first-order chi connectivity index (χ1) is 7.74. The van der Waals surface area contributed by atoms with Crippen molar-refractivity contribution in [3.8, 4) is 0 Å². The van der Waals surface area contributed by atoms with Crippen LogP contribution < -0.4 is 5.32 Å². The predicted molar refractivity (Wildman–Crippen MR) is 66.2 cm³/mol. The molecule has 1 aromatic rings. The van der Waals surface area contributed by atoms with Crippen molar-refractivity contribution in [1.82, 2.24) is 5.32 Å². The molecule has 3 heteroatoms. The van der Waals surface area contributed by atoms with Crippen molar-refractivity contribution < 1.29 is 4.79 Å². The van der Waals surface area contributed by atoms with Crippen molar-refractivity contribution in [1.29, 1.82) is 0 Å². The topological polar surface area (TPSA) is 29.1 Å². The molecule has 0 aromatic heterocycles. The summed E-state index contributed by atoms with van der Waals surface area (Å²) in [7, 11) is 0. The van der Waals surface area contributed by atoms with Crippen molar-refractivity contribution in [2.45, 2.75) is 31.2 Å². The second-order valence-corrected chi connectivity index (χ2v) is 5.70. The highest BCUT2D eigenvalue weighted by atomic mass is 79.9. The third kappa shape index (κ3) is 2.14. The highest BCUT2D eigenvalue weighted by molar-refractivity contribution is 9.10. The van der Waals surface area contributed by atoms with E-state index < -0.39 is 0 Å². The number of rotatable bonds is 3. The number of carbonyl (C=O) groups excluding carboxylic acids is 1. The minimum Gasteiger partial charge on any atom is -0.353 e. The molecule has 0 aliphatic heterocycles. The largest absolute Gasteiger partial charge is 0.353 e. The van der Waals surface area contributed by atoms with E-state index in [1.807, 2.05) is 12.1 Å². The summed E-state index contributed by atoms with van der Waals surface area (Å²) in [5.41, 5.74) is 1.29. The van der Waals surface area contributed by atoms with E-state index in [4.69, 9.17) is 0 Å². The molecule has 3 rings (SSSR count). The molecule has 2 aliphatic rings. The molecule has 2 atom stereocenters. The number of hydrogen-bond acceptors (Lipinski definition) is 1. The average molecular weight is 280 g/mol. The Morgan fingerprint density at radius 2 is 1.94 bits per heavy atom. The Hall–Kier alpha value is -0.830. The van der Waals surface area contributed by atoms with Crippen LogP contribution in [0, 0.1) is 5.92 Å². The number of carbonyl (C=O) groups is 1. The highest BCUT2D eigenvalue weighted by Gasteiger charge is 2.44. The van der Waals surface area contributed by atoms with Gasteiger partial charge in [0.1, 0.15) is 0 Å². The Morgan fingerprint density at radius 1 is 1.25 bits per heavy atom. The molecule has 1 aromatic carbocycles. The van der Waals surface area contributed by atoms with E-state index in [0.717, 1.165) is 10.9 Å².